The van der Waals surface area contributed by atoms with Crippen molar-refractivity contribution >= 4 is 34.2 Å². The molecule has 7 heteroatoms. The standard InChI is InChI=1S/C20H25NO5S/c1-3-26-20(25)16-14-9-8-11(2)10-15(14)27-18(16)21-17(22)12-6-4-5-7-13(12)19(23)24/h4-5,11-13H,3,6-10H2,1-2H3,(H,21,22)(H,23,24)/p-1/t11-,12-,13-/m0/s1. The van der Waals surface area contributed by atoms with Crippen LogP contribution in [-0.2, 0) is 27.2 Å². The monoisotopic (exact) mass is 390 g/mol. The molecule has 2 aliphatic rings. The van der Waals surface area contributed by atoms with Gasteiger partial charge >= 0.3 is 5.97 Å². The summed E-state index contributed by atoms with van der Waals surface area (Å²) in [7, 11) is 0. The first-order valence-electron chi connectivity index (χ1n) is 9.40. The molecule has 146 valence electrons. The van der Waals surface area contributed by atoms with Gasteiger partial charge in [-0.25, -0.2) is 4.79 Å². The van der Waals surface area contributed by atoms with Crippen LogP contribution >= 0.6 is 11.3 Å². The Balaban J connectivity index is 1.89. The molecule has 1 aromatic rings. The number of carboxylic acid groups (broad SMARTS) is 1. The van der Waals surface area contributed by atoms with Crippen molar-refractivity contribution in [1.29, 1.82) is 0 Å². The highest BCUT2D eigenvalue weighted by atomic mass is 32.1. The number of rotatable bonds is 5. The molecule has 0 bridgehead atoms. The van der Waals surface area contributed by atoms with Crippen LogP contribution in [-0.4, -0.2) is 24.5 Å². The lowest BCUT2D eigenvalue weighted by Gasteiger charge is -2.28. The van der Waals surface area contributed by atoms with Gasteiger partial charge in [0, 0.05) is 16.8 Å². The third-order valence-corrected chi connectivity index (χ3v) is 6.47. The molecule has 0 unspecified atom stereocenters. The van der Waals surface area contributed by atoms with Crippen LogP contribution in [0.25, 0.3) is 0 Å². The van der Waals surface area contributed by atoms with E-state index in [1.165, 1.54) is 11.3 Å². The number of fused-ring (bicyclic) bond motifs is 1. The molecule has 0 radical (unpaired) electrons. The van der Waals surface area contributed by atoms with Crippen molar-refractivity contribution in [1.82, 2.24) is 0 Å². The molecule has 6 nitrogen and oxygen atoms in total. The summed E-state index contributed by atoms with van der Waals surface area (Å²) in [5.74, 6) is -3.06. The zero-order chi connectivity index (χ0) is 19.6. The van der Waals surface area contributed by atoms with E-state index in [1.807, 2.05) is 6.08 Å². The molecule has 1 heterocycles. The minimum atomic E-state index is -1.22. The number of carboxylic acids is 1. The van der Waals surface area contributed by atoms with Gasteiger partial charge in [-0.2, -0.15) is 0 Å². The summed E-state index contributed by atoms with van der Waals surface area (Å²) in [5.41, 5.74) is 1.40. The summed E-state index contributed by atoms with van der Waals surface area (Å²) in [6.45, 7) is 4.17. The first kappa shape index (κ1) is 19.6. The lowest BCUT2D eigenvalue weighted by atomic mass is 9.82. The molecule has 0 saturated heterocycles. The fraction of sp³-hybridized carbons (Fsp3) is 0.550. The Bertz CT molecular complexity index is 782. The van der Waals surface area contributed by atoms with E-state index < -0.39 is 23.8 Å². The van der Waals surface area contributed by atoms with E-state index in [2.05, 4.69) is 12.2 Å². The maximum atomic E-state index is 12.8. The van der Waals surface area contributed by atoms with Gasteiger partial charge in [-0.3, -0.25) is 4.79 Å². The highest BCUT2D eigenvalue weighted by Crippen LogP contribution is 2.40. The van der Waals surface area contributed by atoms with Crippen LogP contribution < -0.4 is 10.4 Å². The van der Waals surface area contributed by atoms with Crippen LogP contribution in [0.3, 0.4) is 0 Å². The number of hydrogen-bond acceptors (Lipinski definition) is 6. The SMILES string of the molecule is CCOC(=O)c1c(NC(=O)[C@H]2CC=CC[C@@H]2C(=O)[O-])sc2c1CC[C@H](C)C2. The van der Waals surface area contributed by atoms with Gasteiger partial charge in [-0.15, -0.1) is 11.3 Å². The van der Waals surface area contributed by atoms with Crippen molar-refractivity contribution in [3.8, 4) is 0 Å². The lowest BCUT2D eigenvalue weighted by molar-refractivity contribution is -0.313. The number of anilines is 1. The first-order chi connectivity index (χ1) is 12.9. The Kier molecular flexibility index (Phi) is 5.99. The van der Waals surface area contributed by atoms with E-state index in [0.717, 1.165) is 29.7 Å². The molecule has 0 aliphatic heterocycles. The average Bonchev–Trinajstić information content (AvgIpc) is 2.98. The topological polar surface area (TPSA) is 95.5 Å². The van der Waals surface area contributed by atoms with E-state index >= 15 is 0 Å². The number of ether oxygens (including phenoxy) is 1. The second kappa shape index (κ2) is 8.25. The zero-order valence-electron chi connectivity index (χ0n) is 15.6. The maximum absolute atomic E-state index is 12.8. The van der Waals surface area contributed by atoms with Gasteiger partial charge in [-0.1, -0.05) is 19.1 Å². The van der Waals surface area contributed by atoms with Crippen LogP contribution in [0, 0.1) is 17.8 Å². The van der Waals surface area contributed by atoms with Crippen LogP contribution in [0.1, 0.15) is 53.9 Å². The summed E-state index contributed by atoms with van der Waals surface area (Å²) >= 11 is 1.41. The zero-order valence-corrected chi connectivity index (χ0v) is 16.4. The van der Waals surface area contributed by atoms with E-state index in [1.54, 1.807) is 13.0 Å². The second-order valence-electron chi connectivity index (χ2n) is 7.24. The van der Waals surface area contributed by atoms with Crippen LogP contribution in [0.5, 0.6) is 0 Å². The molecule has 0 fully saturated rings. The van der Waals surface area contributed by atoms with Crippen molar-refractivity contribution in [2.45, 2.75) is 46.0 Å². The van der Waals surface area contributed by atoms with E-state index in [-0.39, 0.29) is 18.9 Å². The molecule has 1 aromatic heterocycles. The van der Waals surface area contributed by atoms with Gasteiger partial charge in [0.15, 0.2) is 0 Å². The molecular weight excluding hydrogens is 366 g/mol. The number of thiophene rings is 1. The Labute approximate surface area is 162 Å². The molecule has 3 atom stereocenters. The van der Waals surface area contributed by atoms with Gasteiger partial charge in [-0.05, 0) is 50.5 Å². The summed E-state index contributed by atoms with van der Waals surface area (Å²) in [6, 6.07) is 0. The number of carbonyl (C=O) groups is 3. The van der Waals surface area contributed by atoms with Gasteiger partial charge < -0.3 is 20.0 Å². The van der Waals surface area contributed by atoms with Crippen molar-refractivity contribution in [2.24, 2.45) is 17.8 Å². The molecule has 2 aliphatic carbocycles. The van der Waals surface area contributed by atoms with Crippen molar-refractivity contribution < 1.29 is 24.2 Å². The number of aliphatic carboxylic acids is 1. The lowest BCUT2D eigenvalue weighted by Crippen LogP contribution is -2.41. The average molecular weight is 390 g/mol. The van der Waals surface area contributed by atoms with E-state index in [4.69, 9.17) is 4.74 Å². The first-order valence-corrected chi connectivity index (χ1v) is 10.2. The quantitative estimate of drug-likeness (QED) is 0.615. The fourth-order valence-corrected chi connectivity index (χ4v) is 5.23. The Morgan fingerprint density at radius 1 is 1.26 bits per heavy atom. The highest BCUT2D eigenvalue weighted by Gasteiger charge is 2.33. The highest BCUT2D eigenvalue weighted by molar-refractivity contribution is 7.17. The third kappa shape index (κ3) is 4.08. The fourth-order valence-electron chi connectivity index (χ4n) is 3.83. The van der Waals surface area contributed by atoms with Crippen LogP contribution in [0.15, 0.2) is 12.2 Å². The molecular formula is C20H24NO5S-. The largest absolute Gasteiger partial charge is 0.550 e. The molecule has 0 spiro atoms. The van der Waals surface area contributed by atoms with Crippen LogP contribution in [0.2, 0.25) is 0 Å². The third-order valence-electron chi connectivity index (χ3n) is 5.30. The predicted molar refractivity (Wildman–Crippen MR) is 100 cm³/mol. The summed E-state index contributed by atoms with van der Waals surface area (Å²) in [4.78, 5) is 37.8. The van der Waals surface area contributed by atoms with Crippen molar-refractivity contribution in [3.05, 3.63) is 28.2 Å². The Morgan fingerprint density at radius 3 is 2.63 bits per heavy atom. The minimum absolute atomic E-state index is 0.257. The normalized spacial score (nSPS) is 24.1. The molecule has 1 amide bonds. The number of esters is 1. The molecule has 27 heavy (non-hydrogen) atoms. The van der Waals surface area contributed by atoms with E-state index in [9.17, 15) is 19.5 Å². The summed E-state index contributed by atoms with van der Waals surface area (Å²) < 4.78 is 5.21. The van der Waals surface area contributed by atoms with Gasteiger partial charge in [0.1, 0.15) is 5.00 Å². The van der Waals surface area contributed by atoms with Gasteiger partial charge in [0.2, 0.25) is 5.91 Å². The summed E-state index contributed by atoms with van der Waals surface area (Å²) in [5, 5.41) is 14.7. The molecule has 0 aromatic carbocycles. The number of hydrogen-bond donors (Lipinski definition) is 1. The van der Waals surface area contributed by atoms with Gasteiger partial charge in [0.05, 0.1) is 18.1 Å². The van der Waals surface area contributed by atoms with Gasteiger partial charge in [0.25, 0.3) is 0 Å². The minimum Gasteiger partial charge on any atom is -0.550 e. The Hall–Kier alpha value is -2.15. The van der Waals surface area contributed by atoms with Crippen molar-refractivity contribution in [2.75, 3.05) is 11.9 Å². The molecule has 0 saturated carbocycles. The molecule has 1 N–H and O–H groups in total. The number of amides is 1. The summed E-state index contributed by atoms with van der Waals surface area (Å²) in [6.07, 6.45) is 6.85. The predicted octanol–water partition coefficient (Wildman–Crippen LogP) is 2.32. The number of nitrogens with one attached hydrogen (secondary N) is 1. The van der Waals surface area contributed by atoms with Crippen LogP contribution in [0.4, 0.5) is 5.00 Å². The number of allylic oxidation sites excluding steroid dienone is 2. The van der Waals surface area contributed by atoms with Crippen molar-refractivity contribution in [3.63, 3.8) is 0 Å². The van der Waals surface area contributed by atoms with E-state index in [0.29, 0.717) is 22.9 Å². The maximum Gasteiger partial charge on any atom is 0.341 e. The number of carbonyl (C=O) groups excluding carboxylic acids is 3. The smallest absolute Gasteiger partial charge is 0.341 e. The molecule has 3 rings (SSSR count). The Morgan fingerprint density at radius 2 is 1.96 bits per heavy atom. The second-order valence-corrected chi connectivity index (χ2v) is 8.35.